The van der Waals surface area contributed by atoms with E-state index >= 15 is 13.2 Å². The molecule has 6 aliphatic carbocycles. The van der Waals surface area contributed by atoms with Crippen LogP contribution < -0.4 is 18.9 Å². The van der Waals surface area contributed by atoms with Crippen LogP contribution in [0.2, 0.25) is 0 Å². The molecule has 10 nitrogen and oxygen atoms in total. The highest BCUT2D eigenvalue weighted by Crippen LogP contribution is 2.66. The molecule has 0 radical (unpaired) electrons. The molecule has 2 unspecified atom stereocenters. The minimum absolute atomic E-state index is 0.0248. The topological polar surface area (TPSA) is 149 Å². The van der Waals surface area contributed by atoms with Gasteiger partial charge in [0.2, 0.25) is 5.41 Å². The van der Waals surface area contributed by atoms with E-state index in [9.17, 15) is 40.8 Å². The summed E-state index contributed by atoms with van der Waals surface area (Å²) < 4.78 is 158. The van der Waals surface area contributed by atoms with Gasteiger partial charge in [-0.15, -0.1) is 0 Å². The number of halogens is 6. The van der Waals surface area contributed by atoms with Crippen LogP contribution >= 0.6 is 14.7 Å². The largest absolute Gasteiger partial charge is 0.497 e. The Morgan fingerprint density at radius 3 is 1.22 bits per heavy atom. The lowest BCUT2D eigenvalue weighted by Gasteiger charge is -2.32. The molecule has 0 saturated heterocycles. The molecule has 6 aromatic rings. The lowest BCUT2D eigenvalue weighted by Crippen LogP contribution is -2.29. The van der Waals surface area contributed by atoms with Gasteiger partial charge in [-0.2, -0.15) is 8.78 Å². The second-order valence-corrected chi connectivity index (χ2v) is 37.5. The van der Waals surface area contributed by atoms with Crippen molar-refractivity contribution in [2.75, 3.05) is 40.3 Å². The van der Waals surface area contributed by atoms with E-state index in [0.717, 1.165) is 162 Å². The van der Waals surface area contributed by atoms with Crippen LogP contribution in [-0.4, -0.2) is 81.0 Å². The van der Waals surface area contributed by atoms with Crippen LogP contribution in [-0.2, 0) is 18.9 Å². The van der Waals surface area contributed by atoms with Gasteiger partial charge in [-0.1, -0.05) is 71.8 Å². The Labute approximate surface area is 583 Å². The third kappa shape index (κ3) is 19.8. The molecule has 0 bridgehead atoms. The van der Waals surface area contributed by atoms with Gasteiger partial charge in [-0.25, -0.2) is 21.8 Å². The molecule has 6 fully saturated rings. The number of rotatable bonds is 25. The molecule has 19 heteroatoms. The predicted molar refractivity (Wildman–Crippen MR) is 385 cm³/mol. The van der Waals surface area contributed by atoms with Crippen LogP contribution in [0, 0.1) is 66.8 Å². The molecule has 540 valence electrons. The van der Waals surface area contributed by atoms with Crippen molar-refractivity contribution in [1.29, 1.82) is 0 Å². The van der Waals surface area contributed by atoms with Gasteiger partial charge in [0, 0.05) is 11.8 Å². The zero-order valence-corrected chi connectivity index (χ0v) is 61.1. The first-order chi connectivity index (χ1) is 46.9. The fourth-order valence-electron chi connectivity index (χ4n) is 15.6. The molecule has 6 aromatic carbocycles. The van der Waals surface area contributed by atoms with Gasteiger partial charge in [0.25, 0.3) is 0 Å². The van der Waals surface area contributed by atoms with Gasteiger partial charge in [-0.05, 0) is 316 Å². The summed E-state index contributed by atoms with van der Waals surface area (Å²) in [5.41, 5.74) is 3.46. The number of methoxy groups -OCH3 is 1. The summed E-state index contributed by atoms with van der Waals surface area (Å²) in [6.07, 6.45) is 16.6. The lowest BCUT2D eigenvalue weighted by atomic mass is 9.78. The maximum absolute atomic E-state index is 15.2. The molecule has 6 aliphatic rings. The fourth-order valence-corrected chi connectivity index (χ4v) is 18.2. The number of aryl methyl sites for hydroxylation is 2. The van der Waals surface area contributed by atoms with E-state index in [-0.39, 0.29) is 53.0 Å². The summed E-state index contributed by atoms with van der Waals surface area (Å²) in [5, 5.41) is -3.01. The minimum Gasteiger partial charge on any atom is -0.497 e. The van der Waals surface area contributed by atoms with E-state index in [0.29, 0.717) is 71.9 Å². The normalized spacial score (nSPS) is 23.8. The lowest BCUT2D eigenvalue weighted by molar-refractivity contribution is 0.0500. The number of alkyl halides is 3. The molecular weight excluding hydrogens is 1330 g/mol. The summed E-state index contributed by atoms with van der Waals surface area (Å²) in [6.45, 7) is 10.9. The van der Waals surface area contributed by atoms with Crippen molar-refractivity contribution in [3.05, 3.63) is 189 Å². The zero-order valence-electron chi connectivity index (χ0n) is 58.5. The number of hydrogen-bond acceptors (Lipinski definition) is 7. The Kier molecular flexibility index (Phi) is 24.9. The average Bonchev–Trinajstić information content (AvgIpc) is 1.43. The highest BCUT2D eigenvalue weighted by atomic mass is 32.2. The van der Waals surface area contributed by atoms with Crippen LogP contribution in [0.1, 0.15) is 209 Å². The zero-order chi connectivity index (χ0) is 71.2. The van der Waals surface area contributed by atoms with Gasteiger partial charge in [-0.3, -0.25) is 4.57 Å². The molecule has 0 spiro atoms. The van der Waals surface area contributed by atoms with Crippen LogP contribution in [0.5, 0.6) is 23.0 Å². The fraction of sp³-hybridized carbons (Fsp3) is 0.537. The molecule has 0 aromatic heterocycles. The molecule has 0 amide bonds. The highest BCUT2D eigenvalue weighted by Gasteiger charge is 2.57. The van der Waals surface area contributed by atoms with Crippen molar-refractivity contribution in [1.82, 2.24) is 0 Å². The molecule has 6 saturated carbocycles. The third-order valence-corrected chi connectivity index (χ3v) is 26.7. The number of hydrogen-bond donors (Lipinski definition) is 3. The molecule has 3 N–H and O–H groups in total. The highest BCUT2D eigenvalue weighted by molar-refractivity contribution is 7.95. The van der Waals surface area contributed by atoms with Crippen LogP contribution in [0.3, 0.4) is 0 Å². The van der Waals surface area contributed by atoms with E-state index in [1.54, 1.807) is 86.0 Å². The average molecular weight is 1430 g/mol. The Hall–Kier alpha value is -5.54. The van der Waals surface area contributed by atoms with Crippen molar-refractivity contribution in [3.63, 3.8) is 0 Å². The van der Waals surface area contributed by atoms with E-state index in [4.69, 9.17) is 18.9 Å². The summed E-state index contributed by atoms with van der Waals surface area (Å²) in [6, 6.07) is 37.6. The van der Waals surface area contributed by atoms with E-state index in [1.165, 1.54) is 19.4 Å². The molecular formula is C80H102F6O10P2S. The van der Waals surface area contributed by atoms with E-state index < -0.39 is 52.7 Å². The summed E-state index contributed by atoms with van der Waals surface area (Å²) >= 11 is 0. The first-order valence-electron chi connectivity index (χ1n) is 35.7. The molecule has 0 heterocycles. The Balaban J connectivity index is 0.000000161. The number of ether oxygens (including phenoxy) is 4. The summed E-state index contributed by atoms with van der Waals surface area (Å²) in [7, 11) is -10.0. The smallest absolute Gasteiger partial charge is 0.362 e. The van der Waals surface area contributed by atoms with Crippen molar-refractivity contribution in [2.24, 2.45) is 35.5 Å². The first kappa shape index (κ1) is 76.1. The second kappa shape index (κ2) is 32.4. The van der Waals surface area contributed by atoms with Crippen molar-refractivity contribution < 1.29 is 73.0 Å². The van der Waals surface area contributed by atoms with E-state index in [1.807, 2.05) is 63.2 Å². The monoisotopic (exact) mass is 1430 g/mol. The van der Waals surface area contributed by atoms with E-state index in [2.05, 4.69) is 5.87 Å². The quantitative estimate of drug-likeness (QED) is 0.0287. The second-order valence-electron chi connectivity index (χ2n) is 30.1. The Bertz CT molecular complexity index is 3730. The standard InChI is InChI=1S/C27H34F3O2P.C27H35FO4S.C26H33F2O4P/c1-18-7-14-25(28)24(15-18)20-10-8-19(9-11-20)17-32-23-6-4-5-22(16-23)26(21-12-13-21)27(29,30)33(2,3)31;1-18(33(3,29)30)27(21-11-12-21)22-5-4-6-24(15-22)32-17-19-7-9-20(10-8-19)25-16-23(31-2)13-14-26(25)28;1-17-6-13-24(27)23(14-17)19-9-7-18(8-10-19)16-32-22-5-3-4-21(15-22)25(20-11-12-20)26(2,28)33(29,30)31/h4-7,14-16,19-21,26H,8-13,17H2,1-3H3;4-6,13-16,18-21,27H,3,7-12,17H2,1-2H3,(H,29,30);3-6,13-15,18-20,25H,7-12,16H2,1-2H3,(H2,29,30,31)/t;18-,19?,20?,27-;18?,19?,25-,26-/m.00/s1. The van der Waals surface area contributed by atoms with Crippen LogP contribution in [0.25, 0.3) is 0 Å². The SMILES string of the molecule is C=S(=O)(O)[C@@H](C)[C@H](c1cccc(OCC2CCC(c3cc(OC)ccc3F)CC2)c1)C1CC1.Cc1ccc(F)c(C2CCC(COc3cccc(C(C4CC4)C(F)(F)P(C)(C)=O)c3)CC2)c1.Cc1ccc(F)c(C2CCC(COc3cccc([C@H](C4CC4)[C@@](C)(F)P(=O)(O)O)c3)CC2)c1. The van der Waals surface area contributed by atoms with Crippen molar-refractivity contribution in [2.45, 2.75) is 195 Å². The summed E-state index contributed by atoms with van der Waals surface area (Å²) in [4.78, 5) is 19.2. The van der Waals surface area contributed by atoms with Crippen molar-refractivity contribution >= 4 is 30.4 Å². The Morgan fingerprint density at radius 2 is 0.859 bits per heavy atom. The Morgan fingerprint density at radius 1 is 0.505 bits per heavy atom. The summed E-state index contributed by atoms with van der Waals surface area (Å²) in [5.74, 6) is 6.04. The molecule has 12 rings (SSSR count). The van der Waals surface area contributed by atoms with Gasteiger partial charge in [0.1, 0.15) is 47.6 Å². The first-order valence-corrected chi connectivity index (χ1v) is 41.6. The maximum atomic E-state index is 15.2. The van der Waals surface area contributed by atoms with Crippen LogP contribution in [0.4, 0.5) is 26.3 Å². The van der Waals surface area contributed by atoms with Crippen molar-refractivity contribution in [3.8, 4) is 23.0 Å². The maximum Gasteiger partial charge on any atom is 0.362 e. The van der Waals surface area contributed by atoms with Gasteiger partial charge >= 0.3 is 13.3 Å². The minimum atomic E-state index is -4.93. The van der Waals surface area contributed by atoms with Crippen LogP contribution in [0.15, 0.2) is 127 Å². The molecule has 99 heavy (non-hydrogen) atoms. The predicted octanol–water partition coefficient (Wildman–Crippen LogP) is 21.3. The van der Waals surface area contributed by atoms with Gasteiger partial charge < -0.3 is 37.9 Å². The molecule has 6 atom stereocenters. The van der Waals surface area contributed by atoms with Gasteiger partial charge in [0.15, 0.2) is 0 Å². The molecule has 0 aliphatic heterocycles. The third-order valence-electron chi connectivity index (χ3n) is 22.1. The number of benzene rings is 6. The van der Waals surface area contributed by atoms with Gasteiger partial charge in [0.05, 0.1) is 47.9 Å².